The highest BCUT2D eigenvalue weighted by Gasteiger charge is 2.18. The zero-order valence-electron chi connectivity index (χ0n) is 14.2. The number of ether oxygens (including phenoxy) is 1. The van der Waals surface area contributed by atoms with Crippen LogP contribution in [0.25, 0.3) is 10.8 Å². The maximum atomic E-state index is 12.1. The summed E-state index contributed by atoms with van der Waals surface area (Å²) in [6.45, 7) is 1.06. The lowest BCUT2D eigenvalue weighted by molar-refractivity contribution is -0.137. The van der Waals surface area contributed by atoms with Crippen LogP contribution in [-0.4, -0.2) is 29.6 Å². The average molecular weight is 341 g/mol. The smallest absolute Gasteiger partial charge is 0.311 e. The number of hydrogen-bond donors (Lipinski definition) is 2. The van der Waals surface area contributed by atoms with E-state index in [4.69, 9.17) is 9.84 Å². The van der Waals surface area contributed by atoms with Crippen LogP contribution in [-0.2, 0) is 16.0 Å². The largest absolute Gasteiger partial charge is 0.481 e. The first kappa shape index (κ1) is 17.4. The van der Waals surface area contributed by atoms with E-state index in [1.54, 1.807) is 0 Å². The molecule has 2 aromatic rings. The summed E-state index contributed by atoms with van der Waals surface area (Å²) < 4.78 is 5.56. The molecular formula is C20H23NO4. The molecular weight excluding hydrogens is 318 g/mol. The Labute approximate surface area is 147 Å². The molecule has 0 aromatic heterocycles. The van der Waals surface area contributed by atoms with Gasteiger partial charge >= 0.3 is 11.9 Å². The molecule has 3 rings (SSSR count). The molecule has 1 unspecified atom stereocenters. The zero-order valence-corrected chi connectivity index (χ0v) is 14.2. The number of carboxylic acid groups (broad SMARTS) is 1. The minimum absolute atomic E-state index is 0.0246. The van der Waals surface area contributed by atoms with Crippen molar-refractivity contribution in [1.82, 2.24) is 5.32 Å². The van der Waals surface area contributed by atoms with Gasteiger partial charge in [0.2, 0.25) is 0 Å². The predicted molar refractivity (Wildman–Crippen MR) is 95.8 cm³/mol. The van der Waals surface area contributed by atoms with E-state index in [9.17, 15) is 9.59 Å². The molecule has 0 radical (unpaired) electrons. The van der Waals surface area contributed by atoms with Crippen molar-refractivity contribution in [1.29, 1.82) is 0 Å². The fourth-order valence-corrected chi connectivity index (χ4v) is 3.39. The number of aliphatic carboxylic acids is 1. The third kappa shape index (κ3) is 4.57. The number of carboxylic acids is 1. The van der Waals surface area contributed by atoms with Crippen molar-refractivity contribution in [3.05, 3.63) is 42.0 Å². The van der Waals surface area contributed by atoms with Gasteiger partial charge in [0.25, 0.3) is 0 Å². The number of nitrogens with one attached hydrogen (secondary N) is 1. The number of rotatable bonds is 7. The van der Waals surface area contributed by atoms with Crippen molar-refractivity contribution < 1.29 is 19.4 Å². The molecule has 1 saturated heterocycles. The molecule has 0 bridgehead atoms. The second kappa shape index (κ2) is 8.12. The number of fused-ring (bicyclic) bond motifs is 1. The Kier molecular flexibility index (Phi) is 5.66. The highest BCUT2D eigenvalue weighted by atomic mass is 16.5. The van der Waals surface area contributed by atoms with E-state index in [0.717, 1.165) is 30.2 Å². The molecule has 132 valence electrons. The molecule has 0 spiro atoms. The highest BCUT2D eigenvalue weighted by molar-refractivity contribution is 5.93. The van der Waals surface area contributed by atoms with Crippen molar-refractivity contribution in [3.63, 3.8) is 0 Å². The van der Waals surface area contributed by atoms with Crippen LogP contribution in [0.3, 0.4) is 0 Å². The van der Waals surface area contributed by atoms with E-state index in [1.165, 1.54) is 12.0 Å². The minimum Gasteiger partial charge on any atom is -0.481 e. The number of esters is 1. The fourth-order valence-electron chi connectivity index (χ4n) is 3.39. The summed E-state index contributed by atoms with van der Waals surface area (Å²) in [5, 5.41) is 14.2. The zero-order chi connectivity index (χ0) is 17.6. The van der Waals surface area contributed by atoms with E-state index in [1.807, 2.05) is 30.3 Å². The number of hydrogen-bond acceptors (Lipinski definition) is 4. The summed E-state index contributed by atoms with van der Waals surface area (Å²) >= 11 is 0. The molecule has 5 nitrogen and oxygen atoms in total. The van der Waals surface area contributed by atoms with Crippen LogP contribution in [0.4, 0.5) is 0 Å². The van der Waals surface area contributed by atoms with Gasteiger partial charge in [-0.3, -0.25) is 9.59 Å². The molecule has 5 heteroatoms. The van der Waals surface area contributed by atoms with Crippen LogP contribution in [0.2, 0.25) is 0 Å². The Morgan fingerprint density at radius 1 is 1.16 bits per heavy atom. The molecule has 0 saturated carbocycles. The fraction of sp³-hybridized carbons (Fsp3) is 0.400. The van der Waals surface area contributed by atoms with Gasteiger partial charge in [0, 0.05) is 24.3 Å². The molecule has 1 atom stereocenters. The van der Waals surface area contributed by atoms with Crippen molar-refractivity contribution in [3.8, 4) is 5.75 Å². The molecule has 1 heterocycles. The molecule has 0 amide bonds. The molecule has 0 aliphatic carbocycles. The third-order valence-electron chi connectivity index (χ3n) is 4.58. The Bertz CT molecular complexity index is 760. The first-order valence-electron chi connectivity index (χ1n) is 8.80. The van der Waals surface area contributed by atoms with Crippen LogP contribution in [0.1, 0.15) is 37.7 Å². The van der Waals surface area contributed by atoms with Crippen LogP contribution in [0.15, 0.2) is 36.4 Å². The number of carbonyl (C=O) groups excluding carboxylic acids is 1. The maximum absolute atomic E-state index is 12.1. The van der Waals surface area contributed by atoms with Crippen LogP contribution >= 0.6 is 0 Å². The molecule has 1 aliphatic rings. The van der Waals surface area contributed by atoms with Gasteiger partial charge in [0.1, 0.15) is 5.75 Å². The van der Waals surface area contributed by atoms with Gasteiger partial charge in [-0.1, -0.05) is 30.3 Å². The SMILES string of the molecule is O=C(O)CCCC(=O)Oc1cccc2cccc(CC3CCCN3)c12. The predicted octanol–water partition coefficient (Wildman–Crippen LogP) is 3.29. The minimum atomic E-state index is -0.899. The number of benzene rings is 2. The van der Waals surface area contributed by atoms with Crippen LogP contribution in [0.5, 0.6) is 5.75 Å². The van der Waals surface area contributed by atoms with Crippen molar-refractivity contribution in [2.24, 2.45) is 0 Å². The highest BCUT2D eigenvalue weighted by Crippen LogP contribution is 2.31. The Morgan fingerprint density at radius 2 is 1.96 bits per heavy atom. The van der Waals surface area contributed by atoms with Gasteiger partial charge in [-0.25, -0.2) is 0 Å². The Balaban J connectivity index is 1.79. The standard InChI is InChI=1S/C20H23NO4/c22-18(23)10-3-11-19(24)25-17-9-2-6-14-5-1-7-15(20(14)17)13-16-8-4-12-21-16/h1-2,5-7,9,16,21H,3-4,8,10-13H2,(H,22,23). The third-order valence-corrected chi connectivity index (χ3v) is 4.58. The van der Waals surface area contributed by atoms with Crippen molar-refractivity contribution in [2.75, 3.05) is 6.54 Å². The van der Waals surface area contributed by atoms with Crippen LogP contribution < -0.4 is 10.1 Å². The van der Waals surface area contributed by atoms with E-state index in [0.29, 0.717) is 11.8 Å². The first-order valence-corrected chi connectivity index (χ1v) is 8.80. The van der Waals surface area contributed by atoms with E-state index in [2.05, 4.69) is 11.4 Å². The lowest BCUT2D eigenvalue weighted by Crippen LogP contribution is -2.23. The Hall–Kier alpha value is -2.40. The van der Waals surface area contributed by atoms with Crippen molar-refractivity contribution in [2.45, 2.75) is 44.6 Å². The quantitative estimate of drug-likeness (QED) is 0.597. The molecule has 25 heavy (non-hydrogen) atoms. The molecule has 2 N–H and O–H groups in total. The van der Waals surface area contributed by atoms with E-state index < -0.39 is 5.97 Å². The van der Waals surface area contributed by atoms with Gasteiger partial charge in [-0.2, -0.15) is 0 Å². The topological polar surface area (TPSA) is 75.6 Å². The van der Waals surface area contributed by atoms with Gasteiger partial charge in [-0.05, 0) is 49.2 Å². The van der Waals surface area contributed by atoms with Crippen molar-refractivity contribution >= 4 is 22.7 Å². The average Bonchev–Trinajstić information content (AvgIpc) is 3.08. The summed E-state index contributed by atoms with van der Waals surface area (Å²) in [5.41, 5.74) is 1.17. The Morgan fingerprint density at radius 3 is 2.68 bits per heavy atom. The van der Waals surface area contributed by atoms with Crippen LogP contribution in [0, 0.1) is 0 Å². The van der Waals surface area contributed by atoms with Gasteiger partial charge in [0.15, 0.2) is 0 Å². The van der Waals surface area contributed by atoms with Gasteiger partial charge < -0.3 is 15.2 Å². The second-order valence-corrected chi connectivity index (χ2v) is 6.49. The number of carbonyl (C=O) groups is 2. The summed E-state index contributed by atoms with van der Waals surface area (Å²) in [7, 11) is 0. The lowest BCUT2D eigenvalue weighted by atomic mass is 9.97. The normalized spacial score (nSPS) is 16.9. The second-order valence-electron chi connectivity index (χ2n) is 6.49. The summed E-state index contributed by atoms with van der Waals surface area (Å²) in [5.74, 6) is -0.724. The molecule has 1 aliphatic heterocycles. The van der Waals surface area contributed by atoms with Gasteiger partial charge in [0.05, 0.1) is 0 Å². The maximum Gasteiger partial charge on any atom is 0.311 e. The summed E-state index contributed by atoms with van der Waals surface area (Å²) in [6.07, 6.45) is 3.63. The lowest BCUT2D eigenvalue weighted by Gasteiger charge is -2.15. The van der Waals surface area contributed by atoms with Gasteiger partial charge in [-0.15, -0.1) is 0 Å². The monoisotopic (exact) mass is 341 g/mol. The molecule has 2 aromatic carbocycles. The summed E-state index contributed by atoms with van der Waals surface area (Å²) in [6, 6.07) is 12.3. The van der Waals surface area contributed by atoms with E-state index >= 15 is 0 Å². The first-order chi connectivity index (χ1) is 12.1. The molecule has 1 fully saturated rings. The summed E-state index contributed by atoms with van der Waals surface area (Å²) in [4.78, 5) is 22.6. The van der Waals surface area contributed by atoms with E-state index in [-0.39, 0.29) is 25.2 Å².